The molecule has 0 saturated carbocycles. The molecule has 5 atom stereocenters. The van der Waals surface area contributed by atoms with Gasteiger partial charge in [0.2, 0.25) is 0 Å². The maximum Gasteiger partial charge on any atom is 0.184 e. The lowest BCUT2D eigenvalue weighted by Crippen LogP contribution is -2.58. The molecular weight excluding hydrogens is 171 g/mol. The summed E-state index contributed by atoms with van der Waals surface area (Å²) in [5, 5.41) is 35.8. The number of hydrogen-bond donors (Lipinski definition) is 4. The van der Waals surface area contributed by atoms with Crippen molar-refractivity contribution in [3.63, 3.8) is 0 Å². The van der Waals surface area contributed by atoms with Gasteiger partial charge in [-0.25, -0.2) is 4.39 Å². The minimum absolute atomic E-state index is 1.03. The first kappa shape index (κ1) is 9.82. The Kier molecular flexibility index (Phi) is 2.97. The Morgan fingerprint density at radius 2 is 1.58 bits per heavy atom. The van der Waals surface area contributed by atoms with E-state index in [1.165, 1.54) is 0 Å². The molecule has 6 heteroatoms. The van der Waals surface area contributed by atoms with Gasteiger partial charge in [-0.1, -0.05) is 0 Å². The quantitative estimate of drug-likeness (QED) is 0.368. The summed E-state index contributed by atoms with van der Waals surface area (Å²) in [4.78, 5) is 0. The zero-order chi connectivity index (χ0) is 9.30. The van der Waals surface area contributed by atoms with E-state index < -0.39 is 37.4 Å². The lowest BCUT2D eigenvalue weighted by atomic mass is 10.00. The van der Waals surface area contributed by atoms with Gasteiger partial charge in [0.25, 0.3) is 0 Å². The Balaban J connectivity index is 2.63. The molecule has 0 aliphatic carbocycles. The Morgan fingerprint density at radius 1 is 1.00 bits per heavy atom. The van der Waals surface area contributed by atoms with Crippen LogP contribution < -0.4 is 0 Å². The lowest BCUT2D eigenvalue weighted by Gasteiger charge is -2.37. The first-order chi connectivity index (χ1) is 5.57. The van der Waals surface area contributed by atoms with Gasteiger partial charge in [-0.05, 0) is 0 Å². The van der Waals surface area contributed by atoms with Crippen LogP contribution in [-0.4, -0.2) is 57.8 Å². The topological polar surface area (TPSA) is 90.2 Å². The molecule has 0 aromatic carbocycles. The van der Waals surface area contributed by atoms with Crippen molar-refractivity contribution in [2.45, 2.75) is 30.7 Å². The first-order valence-electron chi connectivity index (χ1n) is 3.51. The number of alkyl halides is 1. The molecule has 0 bridgehead atoms. The molecule has 2 unspecified atom stereocenters. The van der Waals surface area contributed by atoms with Gasteiger partial charge in [0.05, 0.1) is 0 Å². The van der Waals surface area contributed by atoms with Gasteiger partial charge in [-0.3, -0.25) is 0 Å². The third kappa shape index (κ3) is 1.57. The van der Waals surface area contributed by atoms with Gasteiger partial charge in [0.15, 0.2) is 6.29 Å². The number of halogens is 1. The van der Waals surface area contributed by atoms with Gasteiger partial charge in [0, 0.05) is 0 Å². The highest BCUT2D eigenvalue weighted by Gasteiger charge is 2.42. The van der Waals surface area contributed by atoms with E-state index in [0.717, 1.165) is 0 Å². The van der Waals surface area contributed by atoms with E-state index >= 15 is 0 Å². The number of aliphatic hydroxyl groups excluding tert-OH is 4. The van der Waals surface area contributed by atoms with Crippen LogP contribution in [0, 0.1) is 0 Å². The van der Waals surface area contributed by atoms with Crippen LogP contribution in [0.25, 0.3) is 0 Å². The fourth-order valence-electron chi connectivity index (χ4n) is 1.06. The van der Waals surface area contributed by atoms with Gasteiger partial charge in [0.1, 0.15) is 31.1 Å². The Hall–Kier alpha value is -0.270. The molecule has 1 heterocycles. The molecule has 1 aliphatic rings. The minimum Gasteiger partial charge on any atom is -0.387 e. The molecular formula is C6H11FO5. The molecule has 0 aromatic rings. The van der Waals surface area contributed by atoms with Crippen LogP contribution in [0.2, 0.25) is 0 Å². The summed E-state index contributed by atoms with van der Waals surface area (Å²) in [6, 6.07) is 0. The van der Waals surface area contributed by atoms with E-state index in [9.17, 15) is 4.39 Å². The van der Waals surface area contributed by atoms with E-state index in [-0.39, 0.29) is 0 Å². The van der Waals surface area contributed by atoms with Crippen LogP contribution in [0.3, 0.4) is 0 Å². The van der Waals surface area contributed by atoms with E-state index in [1.54, 1.807) is 0 Å². The zero-order valence-corrected chi connectivity index (χ0v) is 6.17. The normalized spacial score (nSPS) is 49.2. The maximum atomic E-state index is 12.0. The maximum absolute atomic E-state index is 12.0. The summed E-state index contributed by atoms with van der Waals surface area (Å²) < 4.78 is 16.5. The Bertz CT molecular complexity index is 150. The average molecular weight is 182 g/mol. The van der Waals surface area contributed by atoms with E-state index in [0.29, 0.717) is 0 Å². The molecule has 4 N–H and O–H groups in total. The van der Waals surface area contributed by atoms with Crippen LogP contribution in [0.5, 0.6) is 0 Å². The molecule has 1 saturated heterocycles. The molecule has 0 radical (unpaired) electrons. The van der Waals surface area contributed by atoms with Gasteiger partial charge >= 0.3 is 0 Å². The fraction of sp³-hybridized carbons (Fsp3) is 1.00. The number of aliphatic hydroxyl groups is 4. The second-order valence-corrected chi connectivity index (χ2v) is 2.69. The fourth-order valence-corrected chi connectivity index (χ4v) is 1.06. The van der Waals surface area contributed by atoms with Crippen molar-refractivity contribution in [2.75, 3.05) is 6.67 Å². The van der Waals surface area contributed by atoms with Gasteiger partial charge < -0.3 is 25.2 Å². The first-order valence-corrected chi connectivity index (χ1v) is 3.51. The SMILES string of the molecule is OC1[C@H](O)C(CF)O[C@@H](O)[C@H]1O. The largest absolute Gasteiger partial charge is 0.387 e. The molecule has 12 heavy (non-hydrogen) atoms. The number of hydrogen-bond acceptors (Lipinski definition) is 5. The van der Waals surface area contributed by atoms with Crippen molar-refractivity contribution < 1.29 is 29.6 Å². The van der Waals surface area contributed by atoms with Crippen molar-refractivity contribution in [1.82, 2.24) is 0 Å². The van der Waals surface area contributed by atoms with E-state index in [4.69, 9.17) is 20.4 Å². The summed E-state index contributed by atoms with van der Waals surface area (Å²) >= 11 is 0. The molecule has 1 aliphatic heterocycles. The highest BCUT2D eigenvalue weighted by molar-refractivity contribution is 4.88. The van der Waals surface area contributed by atoms with Crippen molar-refractivity contribution in [2.24, 2.45) is 0 Å². The van der Waals surface area contributed by atoms with Gasteiger partial charge in [-0.2, -0.15) is 0 Å². The van der Waals surface area contributed by atoms with E-state index in [1.807, 2.05) is 0 Å². The summed E-state index contributed by atoms with van der Waals surface area (Å²) in [7, 11) is 0. The third-order valence-corrected chi connectivity index (χ3v) is 1.84. The van der Waals surface area contributed by atoms with E-state index in [2.05, 4.69) is 4.74 Å². The van der Waals surface area contributed by atoms with Crippen LogP contribution >= 0.6 is 0 Å². The van der Waals surface area contributed by atoms with Crippen molar-refractivity contribution in [3.8, 4) is 0 Å². The second-order valence-electron chi connectivity index (χ2n) is 2.69. The summed E-state index contributed by atoms with van der Waals surface area (Å²) in [6.45, 7) is -1.03. The Morgan fingerprint density at radius 3 is 2.08 bits per heavy atom. The number of rotatable bonds is 1. The summed E-state index contributed by atoms with van der Waals surface area (Å²) in [5.74, 6) is 0. The molecule has 0 aromatic heterocycles. The second kappa shape index (κ2) is 3.63. The van der Waals surface area contributed by atoms with Gasteiger partial charge in [-0.15, -0.1) is 0 Å². The summed E-state index contributed by atoms with van der Waals surface area (Å²) in [5.41, 5.74) is 0. The standard InChI is InChI=1S/C6H11FO5/c7-1-2-3(8)4(9)5(10)6(11)12-2/h2-6,8-11H,1H2/t2?,3-,4?,5+,6-/m1/s1. The Labute approximate surface area is 68.0 Å². The molecule has 0 amide bonds. The monoisotopic (exact) mass is 182 g/mol. The van der Waals surface area contributed by atoms with Crippen LogP contribution in [0.4, 0.5) is 4.39 Å². The minimum atomic E-state index is -1.65. The molecule has 72 valence electrons. The molecule has 5 nitrogen and oxygen atoms in total. The predicted molar refractivity (Wildman–Crippen MR) is 34.9 cm³/mol. The van der Waals surface area contributed by atoms with Crippen LogP contribution in [0.15, 0.2) is 0 Å². The zero-order valence-electron chi connectivity index (χ0n) is 6.17. The molecule has 1 fully saturated rings. The highest BCUT2D eigenvalue weighted by atomic mass is 19.1. The van der Waals surface area contributed by atoms with Crippen molar-refractivity contribution in [3.05, 3.63) is 0 Å². The smallest absolute Gasteiger partial charge is 0.184 e. The third-order valence-electron chi connectivity index (χ3n) is 1.84. The lowest BCUT2D eigenvalue weighted by molar-refractivity contribution is -0.283. The molecule has 1 rings (SSSR count). The number of ether oxygens (including phenoxy) is 1. The molecule has 0 spiro atoms. The predicted octanol–water partition coefficient (Wildman–Crippen LogP) is -2.24. The van der Waals surface area contributed by atoms with Crippen LogP contribution in [-0.2, 0) is 4.74 Å². The highest BCUT2D eigenvalue weighted by Crippen LogP contribution is 2.19. The van der Waals surface area contributed by atoms with Crippen molar-refractivity contribution in [1.29, 1.82) is 0 Å². The average Bonchev–Trinajstić information content (AvgIpc) is 2.08. The van der Waals surface area contributed by atoms with Crippen molar-refractivity contribution >= 4 is 0 Å². The van der Waals surface area contributed by atoms with Crippen LogP contribution in [0.1, 0.15) is 0 Å². The summed E-state index contributed by atoms with van der Waals surface area (Å²) in [6.07, 6.45) is -7.60.